The van der Waals surface area contributed by atoms with Crippen LogP contribution in [0.25, 0.3) is 0 Å². The third-order valence-corrected chi connectivity index (χ3v) is 5.63. The molecule has 1 aliphatic rings. The zero-order valence-corrected chi connectivity index (χ0v) is 12.2. The molecule has 0 spiro atoms. The van der Waals surface area contributed by atoms with Crippen LogP contribution in [-0.4, -0.2) is 19.9 Å². The Morgan fingerprint density at radius 2 is 1.94 bits per heavy atom. The molecule has 1 heterocycles. The first-order valence-corrected chi connectivity index (χ1v) is 8.41. The van der Waals surface area contributed by atoms with Crippen molar-refractivity contribution >= 4 is 25.8 Å². The summed E-state index contributed by atoms with van der Waals surface area (Å²) >= 11 is 3.29. The highest BCUT2D eigenvalue weighted by atomic mass is 79.9. The molecule has 1 aromatic carbocycles. The standard InChI is InChI=1S/C12H15BrFNO2S/c13-9-1-2-11(14)10(7-9)12(15)8-3-5-18(16,17)6-4-8/h1-2,7-8,12H,3-6,15H2. The Kier molecular flexibility index (Phi) is 4.08. The SMILES string of the molecule is NC(c1cc(Br)ccc1F)C1CCS(=O)(=O)CC1. The van der Waals surface area contributed by atoms with Gasteiger partial charge in [0.2, 0.25) is 0 Å². The second-order valence-corrected chi connectivity index (χ2v) is 7.90. The van der Waals surface area contributed by atoms with E-state index in [-0.39, 0.29) is 23.2 Å². The number of rotatable bonds is 2. The molecule has 100 valence electrons. The van der Waals surface area contributed by atoms with Gasteiger partial charge in [0.05, 0.1) is 11.5 Å². The van der Waals surface area contributed by atoms with E-state index in [9.17, 15) is 12.8 Å². The number of sulfone groups is 1. The summed E-state index contributed by atoms with van der Waals surface area (Å²) in [5.41, 5.74) is 6.52. The normalized spacial score (nSPS) is 21.7. The van der Waals surface area contributed by atoms with Crippen LogP contribution in [0.1, 0.15) is 24.4 Å². The molecule has 1 fully saturated rings. The molecule has 3 nitrogen and oxygen atoms in total. The van der Waals surface area contributed by atoms with E-state index in [1.807, 2.05) is 0 Å². The van der Waals surface area contributed by atoms with Crippen molar-refractivity contribution < 1.29 is 12.8 Å². The number of halogens is 2. The van der Waals surface area contributed by atoms with Gasteiger partial charge in [-0.05, 0) is 37.0 Å². The van der Waals surface area contributed by atoms with E-state index in [4.69, 9.17) is 5.73 Å². The molecule has 0 saturated carbocycles. The Labute approximate surface area is 115 Å². The van der Waals surface area contributed by atoms with E-state index in [0.29, 0.717) is 18.4 Å². The molecule has 1 saturated heterocycles. The third-order valence-electron chi connectivity index (χ3n) is 3.42. The molecular formula is C12H15BrFNO2S. The van der Waals surface area contributed by atoms with E-state index >= 15 is 0 Å². The highest BCUT2D eigenvalue weighted by Gasteiger charge is 2.29. The van der Waals surface area contributed by atoms with Gasteiger partial charge in [-0.15, -0.1) is 0 Å². The van der Waals surface area contributed by atoms with Gasteiger partial charge in [-0.1, -0.05) is 15.9 Å². The predicted molar refractivity (Wildman–Crippen MR) is 72.4 cm³/mol. The molecule has 6 heteroatoms. The van der Waals surface area contributed by atoms with Crippen molar-refractivity contribution in [3.8, 4) is 0 Å². The highest BCUT2D eigenvalue weighted by Crippen LogP contribution is 2.32. The second kappa shape index (κ2) is 5.27. The summed E-state index contributed by atoms with van der Waals surface area (Å²) < 4.78 is 37.2. The molecule has 0 aliphatic carbocycles. The minimum Gasteiger partial charge on any atom is -0.324 e. The van der Waals surface area contributed by atoms with Crippen molar-refractivity contribution in [1.82, 2.24) is 0 Å². The summed E-state index contributed by atoms with van der Waals surface area (Å²) in [5.74, 6) is -0.00132. The topological polar surface area (TPSA) is 60.2 Å². The van der Waals surface area contributed by atoms with Crippen LogP contribution >= 0.6 is 15.9 Å². The van der Waals surface area contributed by atoms with Crippen molar-refractivity contribution in [1.29, 1.82) is 0 Å². The van der Waals surface area contributed by atoms with Crippen LogP contribution in [0.4, 0.5) is 4.39 Å². The maximum atomic E-state index is 13.7. The van der Waals surface area contributed by atoms with Crippen molar-refractivity contribution in [3.05, 3.63) is 34.1 Å². The van der Waals surface area contributed by atoms with Gasteiger partial charge in [0.15, 0.2) is 0 Å². The zero-order chi connectivity index (χ0) is 13.3. The Morgan fingerprint density at radius 3 is 2.56 bits per heavy atom. The van der Waals surface area contributed by atoms with Gasteiger partial charge < -0.3 is 5.73 Å². The lowest BCUT2D eigenvalue weighted by Gasteiger charge is -2.28. The quantitative estimate of drug-likeness (QED) is 0.902. The smallest absolute Gasteiger partial charge is 0.150 e. The molecule has 2 N–H and O–H groups in total. The summed E-state index contributed by atoms with van der Waals surface area (Å²) in [6.45, 7) is 0. The number of hydrogen-bond acceptors (Lipinski definition) is 3. The van der Waals surface area contributed by atoms with Crippen LogP contribution < -0.4 is 5.73 Å². The summed E-state index contributed by atoms with van der Waals surface area (Å²) in [6.07, 6.45) is 1.02. The van der Waals surface area contributed by atoms with Gasteiger partial charge in [0.25, 0.3) is 0 Å². The molecule has 1 aliphatic heterocycles. The van der Waals surface area contributed by atoms with Gasteiger partial charge in [-0.25, -0.2) is 12.8 Å². The molecule has 1 aromatic rings. The highest BCUT2D eigenvalue weighted by molar-refractivity contribution is 9.10. The molecule has 0 aromatic heterocycles. The van der Waals surface area contributed by atoms with Crippen LogP contribution in [0.5, 0.6) is 0 Å². The summed E-state index contributed by atoms with van der Waals surface area (Å²) in [5, 5.41) is 0. The van der Waals surface area contributed by atoms with Gasteiger partial charge in [0, 0.05) is 16.1 Å². The largest absolute Gasteiger partial charge is 0.324 e. The number of nitrogens with two attached hydrogens (primary N) is 1. The van der Waals surface area contributed by atoms with Gasteiger partial charge >= 0.3 is 0 Å². The van der Waals surface area contributed by atoms with E-state index in [2.05, 4.69) is 15.9 Å². The maximum absolute atomic E-state index is 13.7. The molecule has 18 heavy (non-hydrogen) atoms. The number of hydrogen-bond donors (Lipinski definition) is 1. The van der Waals surface area contributed by atoms with Crippen LogP contribution in [0.2, 0.25) is 0 Å². The Morgan fingerprint density at radius 1 is 1.33 bits per heavy atom. The van der Waals surface area contributed by atoms with Gasteiger partial charge in [-0.3, -0.25) is 0 Å². The summed E-state index contributed by atoms with van der Waals surface area (Å²) in [4.78, 5) is 0. The molecule has 0 radical (unpaired) electrons. The zero-order valence-electron chi connectivity index (χ0n) is 9.77. The van der Waals surface area contributed by atoms with E-state index in [0.717, 1.165) is 4.47 Å². The fourth-order valence-corrected chi connectivity index (χ4v) is 4.20. The van der Waals surface area contributed by atoms with Crippen molar-refractivity contribution in [2.24, 2.45) is 11.7 Å². The average molecular weight is 336 g/mol. The lowest BCUT2D eigenvalue weighted by Crippen LogP contribution is -2.31. The Bertz CT molecular complexity index is 533. The monoisotopic (exact) mass is 335 g/mol. The minimum absolute atomic E-state index is 0.0253. The molecular weight excluding hydrogens is 321 g/mol. The molecule has 2 rings (SSSR count). The third kappa shape index (κ3) is 3.10. The maximum Gasteiger partial charge on any atom is 0.150 e. The number of benzene rings is 1. The summed E-state index contributed by atoms with van der Waals surface area (Å²) in [7, 11) is -2.91. The molecule has 1 atom stereocenters. The van der Waals surface area contributed by atoms with Crippen molar-refractivity contribution in [3.63, 3.8) is 0 Å². The fraction of sp³-hybridized carbons (Fsp3) is 0.500. The van der Waals surface area contributed by atoms with Gasteiger partial charge in [0.1, 0.15) is 15.7 Å². The Balaban J connectivity index is 2.17. The van der Waals surface area contributed by atoms with Crippen molar-refractivity contribution in [2.45, 2.75) is 18.9 Å². The molecule has 1 unspecified atom stereocenters. The van der Waals surface area contributed by atoms with E-state index in [1.165, 1.54) is 6.07 Å². The van der Waals surface area contributed by atoms with Crippen LogP contribution in [0, 0.1) is 11.7 Å². The van der Waals surface area contributed by atoms with Crippen LogP contribution in [-0.2, 0) is 9.84 Å². The fourth-order valence-electron chi connectivity index (χ4n) is 2.29. The lowest BCUT2D eigenvalue weighted by molar-refractivity contribution is 0.382. The predicted octanol–water partition coefficient (Wildman–Crippen LogP) is 2.41. The van der Waals surface area contributed by atoms with Crippen LogP contribution in [0.3, 0.4) is 0 Å². The molecule has 0 bridgehead atoms. The van der Waals surface area contributed by atoms with Gasteiger partial charge in [-0.2, -0.15) is 0 Å². The van der Waals surface area contributed by atoms with Crippen molar-refractivity contribution in [2.75, 3.05) is 11.5 Å². The summed E-state index contributed by atoms with van der Waals surface area (Å²) in [6, 6.07) is 4.22. The van der Waals surface area contributed by atoms with E-state index < -0.39 is 15.9 Å². The Hall–Kier alpha value is -0.460. The van der Waals surface area contributed by atoms with E-state index in [1.54, 1.807) is 12.1 Å². The first-order valence-electron chi connectivity index (χ1n) is 5.80. The first-order chi connectivity index (χ1) is 8.39. The van der Waals surface area contributed by atoms with Crippen LogP contribution in [0.15, 0.2) is 22.7 Å². The average Bonchev–Trinajstić information content (AvgIpc) is 2.31. The first kappa shape index (κ1) is 14.0. The minimum atomic E-state index is -2.91. The molecule has 0 amide bonds. The second-order valence-electron chi connectivity index (χ2n) is 4.68. The lowest BCUT2D eigenvalue weighted by atomic mass is 9.89.